The molecule has 6 heteroatoms. The maximum Gasteiger partial charge on any atom is 0.225 e. The summed E-state index contributed by atoms with van der Waals surface area (Å²) in [7, 11) is 1.65. The van der Waals surface area contributed by atoms with Crippen molar-refractivity contribution in [3.05, 3.63) is 59.9 Å². The van der Waals surface area contributed by atoms with Gasteiger partial charge in [0.15, 0.2) is 0 Å². The van der Waals surface area contributed by atoms with Crippen LogP contribution in [0.25, 0.3) is 0 Å². The molecule has 1 aliphatic rings. The average Bonchev–Trinajstić information content (AvgIpc) is 2.69. The predicted molar refractivity (Wildman–Crippen MR) is 98.7 cm³/mol. The molecule has 0 spiro atoms. The minimum absolute atomic E-state index is 0.0629. The van der Waals surface area contributed by atoms with Crippen molar-refractivity contribution in [1.29, 1.82) is 0 Å². The van der Waals surface area contributed by atoms with Gasteiger partial charge in [0.1, 0.15) is 5.75 Å². The summed E-state index contributed by atoms with van der Waals surface area (Å²) in [6, 6.07) is 11.7. The van der Waals surface area contributed by atoms with E-state index < -0.39 is 0 Å². The van der Waals surface area contributed by atoms with E-state index in [4.69, 9.17) is 9.47 Å². The zero-order valence-corrected chi connectivity index (χ0v) is 15.1. The first kappa shape index (κ1) is 18.4. The maximum atomic E-state index is 12.9. The SMILES string of the molecule is COc1ccc(CN(Cc2ccncc2)C(=O)C[C@@H]2CNCCO2)cc1. The van der Waals surface area contributed by atoms with E-state index in [1.165, 1.54) is 0 Å². The molecule has 1 saturated heterocycles. The molecule has 138 valence electrons. The molecule has 1 fully saturated rings. The normalized spacial score (nSPS) is 16.9. The Hall–Kier alpha value is -2.44. The lowest BCUT2D eigenvalue weighted by molar-refractivity contribution is -0.136. The smallest absolute Gasteiger partial charge is 0.225 e. The largest absolute Gasteiger partial charge is 0.497 e. The number of nitrogens with zero attached hydrogens (tertiary/aromatic N) is 2. The second kappa shape index (κ2) is 9.31. The number of rotatable bonds is 7. The van der Waals surface area contributed by atoms with E-state index in [9.17, 15) is 4.79 Å². The molecule has 1 N–H and O–H groups in total. The highest BCUT2D eigenvalue weighted by atomic mass is 16.5. The summed E-state index contributed by atoms with van der Waals surface area (Å²) in [5, 5.41) is 3.27. The Morgan fingerprint density at radius 3 is 2.50 bits per heavy atom. The van der Waals surface area contributed by atoms with Crippen LogP contribution in [-0.4, -0.2) is 48.7 Å². The Morgan fingerprint density at radius 2 is 1.88 bits per heavy atom. The maximum absolute atomic E-state index is 12.9. The lowest BCUT2D eigenvalue weighted by Gasteiger charge is -2.28. The van der Waals surface area contributed by atoms with E-state index >= 15 is 0 Å². The molecule has 3 rings (SSSR count). The highest BCUT2D eigenvalue weighted by Crippen LogP contribution is 2.16. The number of pyridine rings is 1. The number of carbonyl (C=O) groups excluding carboxylic acids is 1. The molecule has 1 aliphatic heterocycles. The number of morpholine rings is 1. The molecule has 1 aromatic heterocycles. The Balaban J connectivity index is 1.70. The third-order valence-corrected chi connectivity index (χ3v) is 4.41. The molecule has 0 bridgehead atoms. The monoisotopic (exact) mass is 355 g/mol. The number of methoxy groups -OCH3 is 1. The third-order valence-electron chi connectivity index (χ3n) is 4.41. The topological polar surface area (TPSA) is 63.7 Å². The second-order valence-electron chi connectivity index (χ2n) is 6.35. The lowest BCUT2D eigenvalue weighted by Crippen LogP contribution is -2.42. The zero-order chi connectivity index (χ0) is 18.2. The average molecular weight is 355 g/mol. The fraction of sp³-hybridized carbons (Fsp3) is 0.400. The van der Waals surface area contributed by atoms with Gasteiger partial charge in [-0.15, -0.1) is 0 Å². The van der Waals surface area contributed by atoms with E-state index in [2.05, 4.69) is 10.3 Å². The van der Waals surface area contributed by atoms with Crippen LogP contribution in [0.15, 0.2) is 48.8 Å². The van der Waals surface area contributed by atoms with Gasteiger partial charge in [-0.25, -0.2) is 0 Å². The standard InChI is InChI=1S/C20H25N3O3/c1-25-18-4-2-16(3-5-18)14-23(15-17-6-8-21-9-7-17)20(24)12-19-13-22-10-11-26-19/h2-9,19,22H,10-15H2,1H3/t19-/m1/s1. The number of amides is 1. The highest BCUT2D eigenvalue weighted by molar-refractivity contribution is 5.76. The van der Waals surface area contributed by atoms with Crippen LogP contribution in [0, 0.1) is 0 Å². The molecule has 1 amide bonds. The molecule has 2 heterocycles. The molecule has 1 atom stereocenters. The summed E-state index contributed by atoms with van der Waals surface area (Å²) in [4.78, 5) is 18.8. The van der Waals surface area contributed by atoms with Gasteiger partial charge in [-0.05, 0) is 35.4 Å². The van der Waals surface area contributed by atoms with Crippen molar-refractivity contribution in [2.45, 2.75) is 25.6 Å². The number of hydrogen-bond acceptors (Lipinski definition) is 5. The van der Waals surface area contributed by atoms with Crippen LogP contribution >= 0.6 is 0 Å². The van der Waals surface area contributed by atoms with Crippen molar-refractivity contribution in [3.63, 3.8) is 0 Å². The van der Waals surface area contributed by atoms with Crippen LogP contribution in [0.3, 0.4) is 0 Å². The Labute approximate surface area is 154 Å². The number of hydrogen-bond donors (Lipinski definition) is 1. The van der Waals surface area contributed by atoms with Gasteiger partial charge in [-0.3, -0.25) is 9.78 Å². The summed E-state index contributed by atoms with van der Waals surface area (Å²) in [6.45, 7) is 3.31. The fourth-order valence-electron chi connectivity index (χ4n) is 2.97. The second-order valence-corrected chi connectivity index (χ2v) is 6.35. The van der Waals surface area contributed by atoms with Crippen LogP contribution < -0.4 is 10.1 Å². The van der Waals surface area contributed by atoms with Crippen LogP contribution in [-0.2, 0) is 22.6 Å². The number of carbonyl (C=O) groups is 1. The zero-order valence-electron chi connectivity index (χ0n) is 15.1. The van der Waals surface area contributed by atoms with Crippen molar-refractivity contribution in [2.24, 2.45) is 0 Å². The van der Waals surface area contributed by atoms with Gasteiger partial charge in [0.2, 0.25) is 5.91 Å². The first-order valence-corrected chi connectivity index (χ1v) is 8.86. The van der Waals surface area contributed by atoms with Gasteiger partial charge in [0.05, 0.1) is 26.2 Å². The van der Waals surface area contributed by atoms with E-state index in [-0.39, 0.29) is 12.0 Å². The first-order valence-electron chi connectivity index (χ1n) is 8.86. The number of benzene rings is 1. The van der Waals surface area contributed by atoms with Crippen LogP contribution in [0.1, 0.15) is 17.5 Å². The van der Waals surface area contributed by atoms with E-state index in [0.29, 0.717) is 26.1 Å². The summed E-state index contributed by atoms with van der Waals surface area (Å²) >= 11 is 0. The van der Waals surface area contributed by atoms with Crippen LogP contribution in [0.5, 0.6) is 5.75 Å². The van der Waals surface area contributed by atoms with Crippen molar-refractivity contribution >= 4 is 5.91 Å². The van der Waals surface area contributed by atoms with Crippen molar-refractivity contribution in [3.8, 4) is 5.75 Å². The molecule has 0 radical (unpaired) electrons. The number of aromatic nitrogens is 1. The molecular formula is C20H25N3O3. The Bertz CT molecular complexity index is 685. The van der Waals surface area contributed by atoms with E-state index in [1.807, 2.05) is 41.3 Å². The van der Waals surface area contributed by atoms with Gasteiger partial charge in [-0.2, -0.15) is 0 Å². The fourth-order valence-corrected chi connectivity index (χ4v) is 2.97. The number of ether oxygens (including phenoxy) is 2. The number of nitrogens with one attached hydrogen (secondary N) is 1. The molecule has 1 aromatic carbocycles. The van der Waals surface area contributed by atoms with Gasteiger partial charge in [0.25, 0.3) is 0 Å². The third kappa shape index (κ3) is 5.28. The first-order chi connectivity index (χ1) is 12.7. The van der Waals surface area contributed by atoms with Crippen molar-refractivity contribution in [1.82, 2.24) is 15.2 Å². The molecular weight excluding hydrogens is 330 g/mol. The van der Waals surface area contributed by atoms with Gasteiger partial charge in [0, 0.05) is 38.6 Å². The summed E-state index contributed by atoms with van der Waals surface area (Å²) in [5.41, 5.74) is 2.13. The Morgan fingerprint density at radius 1 is 1.19 bits per heavy atom. The van der Waals surface area contributed by atoms with Gasteiger partial charge < -0.3 is 19.7 Å². The Kier molecular flexibility index (Phi) is 6.57. The molecule has 26 heavy (non-hydrogen) atoms. The van der Waals surface area contributed by atoms with E-state index in [0.717, 1.165) is 30.0 Å². The minimum Gasteiger partial charge on any atom is -0.497 e. The van der Waals surface area contributed by atoms with Gasteiger partial charge >= 0.3 is 0 Å². The van der Waals surface area contributed by atoms with Crippen molar-refractivity contribution in [2.75, 3.05) is 26.8 Å². The van der Waals surface area contributed by atoms with E-state index in [1.54, 1.807) is 19.5 Å². The van der Waals surface area contributed by atoms with Crippen LogP contribution in [0.2, 0.25) is 0 Å². The van der Waals surface area contributed by atoms with Crippen LogP contribution in [0.4, 0.5) is 0 Å². The predicted octanol–water partition coefficient (Wildman–Crippen LogP) is 2.00. The summed E-state index contributed by atoms with van der Waals surface area (Å²) in [6.07, 6.45) is 3.82. The molecule has 6 nitrogen and oxygen atoms in total. The molecule has 0 unspecified atom stereocenters. The summed E-state index contributed by atoms with van der Waals surface area (Å²) < 4.78 is 10.9. The summed E-state index contributed by atoms with van der Waals surface area (Å²) in [5.74, 6) is 0.897. The molecule has 0 saturated carbocycles. The highest BCUT2D eigenvalue weighted by Gasteiger charge is 2.22. The van der Waals surface area contributed by atoms with Gasteiger partial charge in [-0.1, -0.05) is 12.1 Å². The van der Waals surface area contributed by atoms with Crippen molar-refractivity contribution < 1.29 is 14.3 Å². The quantitative estimate of drug-likeness (QED) is 0.823. The molecule has 0 aliphatic carbocycles. The lowest BCUT2D eigenvalue weighted by atomic mass is 10.1. The molecule has 2 aromatic rings. The minimum atomic E-state index is -0.0629.